The Hall–Kier alpha value is -6.72. The van der Waals surface area contributed by atoms with E-state index in [2.05, 4.69) is 30.8 Å². The molecule has 0 bridgehead atoms. The van der Waals surface area contributed by atoms with E-state index in [1.54, 1.807) is 103 Å². The van der Waals surface area contributed by atoms with E-state index in [4.69, 9.17) is 32.7 Å². The summed E-state index contributed by atoms with van der Waals surface area (Å²) in [5.74, 6) is -1.25. The standard InChI is InChI=1S/2C26H22ClN3O6S.Ca/c2*1-3-36-19-9-6-8-17(13-19)28-26(32)21-12-16-7-4-5-10-20(16)23(24(21)31)30-29-18-11-15(2)25(22(27)14-18)37(33,34)35;/h2*4-14,31H,3H2,1-2H3,(H,28,32)(H,33,34,35);/q;;+2/p-2. The van der Waals surface area contributed by atoms with Crippen LogP contribution < -0.4 is 25.0 Å². The molecular weight excluding hydrogens is 1080 g/mol. The van der Waals surface area contributed by atoms with Gasteiger partial charge in [-0.3, -0.25) is 18.9 Å². The van der Waals surface area contributed by atoms with E-state index >= 15 is 0 Å². The number of hydrogen-bond acceptors (Lipinski definition) is 15. The molecule has 0 aliphatic heterocycles. The number of halogens is 2. The molecule has 0 spiro atoms. The Morgan fingerprint density at radius 1 is 0.613 bits per heavy atom. The van der Waals surface area contributed by atoms with E-state index in [-0.39, 0.29) is 92.8 Å². The normalized spacial score (nSPS) is 11.9. The Morgan fingerprint density at radius 2 is 1.09 bits per heavy atom. The summed E-state index contributed by atoms with van der Waals surface area (Å²) in [7, 11) is -9.07. The number of ether oxygens (including phenoxy) is 2. The molecule has 23 heteroatoms. The van der Waals surface area contributed by atoms with E-state index < -0.39 is 53.3 Å². The molecule has 0 aliphatic rings. The molecule has 18 nitrogen and oxygen atoms in total. The van der Waals surface area contributed by atoms with Crippen LogP contribution in [-0.4, -0.2) is 93.8 Å². The second kappa shape index (κ2) is 24.7. The molecule has 8 aromatic rings. The van der Waals surface area contributed by atoms with Crippen molar-refractivity contribution in [3.63, 3.8) is 0 Å². The smallest absolute Gasteiger partial charge is 0.871 e. The number of nitrogens with one attached hydrogen (secondary N) is 1. The zero-order chi connectivity index (χ0) is 53.5. The largest absolute Gasteiger partial charge is 2.00 e. The zero-order valence-electron chi connectivity index (χ0n) is 40.1. The Labute approximate surface area is 470 Å². The molecule has 0 heterocycles. The van der Waals surface area contributed by atoms with Gasteiger partial charge in [0.1, 0.15) is 27.0 Å². The van der Waals surface area contributed by atoms with Gasteiger partial charge in [0.15, 0.2) is 5.75 Å². The third-order valence-electron chi connectivity index (χ3n) is 10.7. The molecule has 0 fully saturated rings. The summed E-state index contributed by atoms with van der Waals surface area (Å²) in [6.07, 6.45) is 0. The number of aromatic hydroxyl groups is 1. The van der Waals surface area contributed by atoms with Gasteiger partial charge in [-0.15, -0.1) is 5.11 Å². The fourth-order valence-corrected chi connectivity index (χ4v) is 10.2. The van der Waals surface area contributed by atoms with E-state index in [0.29, 0.717) is 57.6 Å². The number of hydrogen-bond donors (Lipinski definition) is 4. The topological polar surface area (TPSA) is 284 Å². The van der Waals surface area contributed by atoms with E-state index in [1.165, 1.54) is 44.2 Å². The number of benzene rings is 8. The van der Waals surface area contributed by atoms with Gasteiger partial charge in [0.25, 0.3) is 26.1 Å². The minimum atomic E-state index is -4.54. The van der Waals surface area contributed by atoms with Crippen molar-refractivity contribution in [1.29, 1.82) is 0 Å². The van der Waals surface area contributed by atoms with Crippen LogP contribution in [0.3, 0.4) is 0 Å². The third-order valence-corrected chi connectivity index (χ3v) is 13.6. The van der Waals surface area contributed by atoms with Crippen LogP contribution in [0.5, 0.6) is 23.0 Å². The first-order valence-electron chi connectivity index (χ1n) is 22.1. The summed E-state index contributed by atoms with van der Waals surface area (Å²) in [5, 5.41) is 58.3. The van der Waals surface area contributed by atoms with Gasteiger partial charge in [0.2, 0.25) is 0 Å². The van der Waals surface area contributed by atoms with Crippen LogP contribution in [0.2, 0.25) is 10.0 Å². The fourth-order valence-electron chi connectivity index (χ4n) is 7.58. The van der Waals surface area contributed by atoms with Crippen LogP contribution in [-0.2, 0) is 20.2 Å². The average Bonchev–Trinajstić information content (AvgIpc) is 3.32. The monoisotopic (exact) mass is 1120 g/mol. The molecule has 380 valence electrons. The molecule has 1 amide bonds. The van der Waals surface area contributed by atoms with Crippen LogP contribution in [0, 0.1) is 13.8 Å². The second-order valence-corrected chi connectivity index (χ2v) is 19.5. The maximum absolute atomic E-state index is 13.3. The number of anilines is 1. The van der Waals surface area contributed by atoms with Gasteiger partial charge in [-0.2, -0.15) is 32.2 Å². The zero-order valence-corrected chi connectivity index (χ0v) is 45.5. The van der Waals surface area contributed by atoms with Gasteiger partial charge in [0, 0.05) is 28.6 Å². The second-order valence-electron chi connectivity index (χ2n) is 15.9. The maximum atomic E-state index is 13.3. The SMILES string of the molecule is CCOc1cccc(N=C([O-])c2cc3ccccc3c(N=Nc3cc(C)c(S(=O)(=O)O)c(Cl)c3)c2[O-])c1.CCOc1cccc(NC(=O)c2cc3ccccc3c(N=Nc3cc(C)c(S(=O)(=O)O)c(Cl)c3)c2O)c1.[Ca+2]. The number of nitrogens with zero attached hydrogens (tertiary/aromatic N) is 5. The third kappa shape index (κ3) is 14.0. The summed E-state index contributed by atoms with van der Waals surface area (Å²) in [5.41, 5.74) is 1.19. The first-order chi connectivity index (χ1) is 35.2. The molecule has 0 saturated carbocycles. The Morgan fingerprint density at radius 3 is 1.61 bits per heavy atom. The van der Waals surface area contributed by atoms with Crippen molar-refractivity contribution in [2.75, 3.05) is 18.5 Å². The summed E-state index contributed by atoms with van der Waals surface area (Å²) < 4.78 is 76.0. The van der Waals surface area contributed by atoms with Crippen molar-refractivity contribution in [1.82, 2.24) is 0 Å². The van der Waals surface area contributed by atoms with Crippen molar-refractivity contribution in [2.45, 2.75) is 37.5 Å². The number of rotatable bonds is 14. The number of fused-ring (bicyclic) bond motifs is 2. The van der Waals surface area contributed by atoms with Crippen molar-refractivity contribution in [3.05, 3.63) is 166 Å². The molecule has 0 radical (unpaired) electrons. The fraction of sp³-hybridized carbons (Fsp3) is 0.115. The first kappa shape index (κ1) is 57.6. The number of carbonyl (C=O) groups excluding carboxylic acids is 1. The van der Waals surface area contributed by atoms with Gasteiger partial charge in [-0.1, -0.05) is 89.6 Å². The predicted octanol–water partition coefficient (Wildman–Crippen LogP) is 11.8. The number of amides is 1. The molecule has 0 unspecified atom stereocenters. The minimum Gasteiger partial charge on any atom is -0.871 e. The Balaban J connectivity index is 0.000000241. The van der Waals surface area contributed by atoms with Gasteiger partial charge in [0.05, 0.1) is 51.6 Å². The van der Waals surface area contributed by atoms with Crippen molar-refractivity contribution in [2.24, 2.45) is 25.4 Å². The van der Waals surface area contributed by atoms with E-state index in [1.807, 2.05) is 13.8 Å². The van der Waals surface area contributed by atoms with Gasteiger partial charge >= 0.3 is 37.7 Å². The van der Waals surface area contributed by atoms with E-state index in [0.717, 1.165) is 0 Å². The van der Waals surface area contributed by atoms with Crippen LogP contribution in [0.25, 0.3) is 21.5 Å². The van der Waals surface area contributed by atoms with Crippen LogP contribution in [0.4, 0.5) is 34.1 Å². The number of phenols is 1. The van der Waals surface area contributed by atoms with Crippen LogP contribution in [0.1, 0.15) is 40.9 Å². The van der Waals surface area contributed by atoms with Crippen LogP contribution >= 0.6 is 23.2 Å². The predicted molar refractivity (Wildman–Crippen MR) is 284 cm³/mol. The van der Waals surface area contributed by atoms with Crippen molar-refractivity contribution >= 4 is 149 Å². The molecule has 0 aromatic heterocycles. The number of aryl methyl sites for hydroxylation is 2. The molecular formula is C52H42CaCl2N6O12S2. The summed E-state index contributed by atoms with van der Waals surface area (Å²) >= 11 is 12.1. The molecule has 8 rings (SSSR count). The Kier molecular flexibility index (Phi) is 19.0. The molecule has 75 heavy (non-hydrogen) atoms. The summed E-state index contributed by atoms with van der Waals surface area (Å²) in [4.78, 5) is 16.3. The number of phenolic OH excluding ortho intramolecular Hbond substituents is 1. The minimum absolute atomic E-state index is 0. The quantitative estimate of drug-likeness (QED) is 0.0260. The van der Waals surface area contributed by atoms with Gasteiger partial charge < -0.3 is 30.1 Å². The number of aliphatic imine (C=N–C) groups is 1. The molecule has 8 aromatic carbocycles. The van der Waals surface area contributed by atoms with E-state index in [9.17, 15) is 46.1 Å². The van der Waals surface area contributed by atoms with Crippen molar-refractivity contribution < 1.29 is 55.5 Å². The number of azo groups is 2. The van der Waals surface area contributed by atoms with Gasteiger partial charge in [-0.05, 0) is 122 Å². The molecule has 0 atom stereocenters. The molecule has 4 N–H and O–H groups in total. The van der Waals surface area contributed by atoms with Gasteiger partial charge in [-0.25, -0.2) is 0 Å². The first-order valence-corrected chi connectivity index (χ1v) is 25.7. The summed E-state index contributed by atoms with van der Waals surface area (Å²) in [6.45, 7) is 7.50. The van der Waals surface area contributed by atoms with Crippen LogP contribution in [0.15, 0.2) is 169 Å². The average molecular weight is 1120 g/mol. The number of carbonyl (C=O) groups is 1. The summed E-state index contributed by atoms with van der Waals surface area (Å²) in [6, 6.07) is 35.5. The molecule has 0 aliphatic carbocycles. The van der Waals surface area contributed by atoms with Crippen molar-refractivity contribution in [3.8, 4) is 23.0 Å². The Bertz CT molecular complexity index is 3780. The maximum Gasteiger partial charge on any atom is 2.00 e. The molecule has 0 saturated heterocycles.